The predicted molar refractivity (Wildman–Crippen MR) is 72.4 cm³/mol. The summed E-state index contributed by atoms with van der Waals surface area (Å²) < 4.78 is 12.8. The van der Waals surface area contributed by atoms with E-state index in [1.165, 1.54) is 24.3 Å². The number of likely N-dealkylation sites (tertiary alicyclic amines) is 1. The Labute approximate surface area is 117 Å². The zero-order valence-corrected chi connectivity index (χ0v) is 11.3. The molecule has 1 saturated heterocycles. The van der Waals surface area contributed by atoms with Crippen LogP contribution in [-0.4, -0.2) is 35.0 Å². The van der Waals surface area contributed by atoms with E-state index in [4.69, 9.17) is 5.73 Å². The van der Waals surface area contributed by atoms with Crippen LogP contribution in [0.4, 0.5) is 4.39 Å². The van der Waals surface area contributed by atoms with Gasteiger partial charge in [-0.25, -0.2) is 4.39 Å². The first-order valence-corrected chi connectivity index (χ1v) is 6.07. The Kier molecular flexibility index (Phi) is 5.72. The fourth-order valence-corrected chi connectivity index (χ4v) is 2.15. The van der Waals surface area contributed by atoms with Crippen molar-refractivity contribution in [3.63, 3.8) is 0 Å². The topological polar surface area (TPSA) is 66.6 Å². The summed E-state index contributed by atoms with van der Waals surface area (Å²) in [5.74, 6) is -0.630. The minimum atomic E-state index is -1.10. The van der Waals surface area contributed by atoms with Gasteiger partial charge in [0.05, 0.1) is 0 Å². The second kappa shape index (κ2) is 6.84. The summed E-state index contributed by atoms with van der Waals surface area (Å²) >= 11 is 0. The lowest BCUT2D eigenvalue weighted by Gasteiger charge is -2.24. The van der Waals surface area contributed by atoms with Gasteiger partial charge in [-0.1, -0.05) is 12.1 Å². The Morgan fingerprint density at radius 3 is 2.32 bits per heavy atom. The summed E-state index contributed by atoms with van der Waals surface area (Å²) in [5, 5.41) is 10.0. The molecule has 19 heavy (non-hydrogen) atoms. The summed E-state index contributed by atoms with van der Waals surface area (Å²) in [4.78, 5) is 13.7. The van der Waals surface area contributed by atoms with Crippen LogP contribution in [0.5, 0.6) is 0 Å². The van der Waals surface area contributed by atoms with Crippen molar-refractivity contribution < 1.29 is 14.3 Å². The summed E-state index contributed by atoms with van der Waals surface area (Å²) in [5.41, 5.74) is 6.23. The largest absolute Gasteiger partial charge is 0.386 e. The van der Waals surface area contributed by atoms with Crippen LogP contribution in [0.3, 0.4) is 0 Å². The highest BCUT2D eigenvalue weighted by Crippen LogP contribution is 2.19. The van der Waals surface area contributed by atoms with Crippen LogP contribution >= 0.6 is 12.4 Å². The molecule has 1 aliphatic rings. The van der Waals surface area contributed by atoms with Crippen LogP contribution in [0.1, 0.15) is 24.5 Å². The van der Waals surface area contributed by atoms with Gasteiger partial charge < -0.3 is 15.7 Å². The Balaban J connectivity index is 0.00000180. The van der Waals surface area contributed by atoms with Crippen molar-refractivity contribution in [1.29, 1.82) is 0 Å². The third-order valence-electron chi connectivity index (χ3n) is 3.25. The summed E-state index contributed by atoms with van der Waals surface area (Å²) in [7, 11) is 0. The molecule has 1 heterocycles. The number of aliphatic hydroxyl groups is 1. The molecule has 0 aromatic heterocycles. The van der Waals surface area contributed by atoms with E-state index < -0.39 is 12.1 Å². The number of benzene rings is 1. The number of nitrogens with zero attached hydrogens (tertiary/aromatic N) is 1. The molecule has 1 aromatic carbocycles. The molecule has 1 fully saturated rings. The average molecular weight is 289 g/mol. The van der Waals surface area contributed by atoms with Crippen molar-refractivity contribution in [2.24, 2.45) is 5.73 Å². The van der Waals surface area contributed by atoms with E-state index in [9.17, 15) is 14.3 Å². The maximum absolute atomic E-state index is 12.8. The van der Waals surface area contributed by atoms with Crippen molar-refractivity contribution >= 4 is 18.3 Å². The molecule has 0 unspecified atom stereocenters. The van der Waals surface area contributed by atoms with E-state index in [0.717, 1.165) is 12.8 Å². The highest BCUT2D eigenvalue weighted by molar-refractivity contribution is 5.85. The monoisotopic (exact) mass is 288 g/mol. The third kappa shape index (κ3) is 3.65. The first-order chi connectivity index (χ1) is 8.59. The van der Waals surface area contributed by atoms with Crippen LogP contribution < -0.4 is 5.73 Å². The first kappa shape index (κ1) is 15.9. The molecule has 2 atom stereocenters. The first-order valence-electron chi connectivity index (χ1n) is 6.07. The number of halogens is 2. The smallest absolute Gasteiger partial charge is 0.242 e. The molecule has 1 amide bonds. The Morgan fingerprint density at radius 2 is 1.79 bits per heavy atom. The van der Waals surface area contributed by atoms with E-state index in [1.54, 1.807) is 4.90 Å². The zero-order valence-electron chi connectivity index (χ0n) is 10.5. The molecular weight excluding hydrogens is 271 g/mol. The van der Waals surface area contributed by atoms with E-state index in [-0.39, 0.29) is 24.1 Å². The van der Waals surface area contributed by atoms with Gasteiger partial charge in [0.25, 0.3) is 0 Å². The van der Waals surface area contributed by atoms with Gasteiger partial charge >= 0.3 is 0 Å². The third-order valence-corrected chi connectivity index (χ3v) is 3.25. The molecule has 106 valence electrons. The maximum Gasteiger partial charge on any atom is 0.242 e. The maximum atomic E-state index is 12.8. The van der Waals surface area contributed by atoms with Gasteiger partial charge in [-0.2, -0.15) is 0 Å². The molecular formula is C13H18ClFN2O2. The molecule has 2 rings (SSSR count). The van der Waals surface area contributed by atoms with Crippen LogP contribution in [0.25, 0.3) is 0 Å². The van der Waals surface area contributed by atoms with Gasteiger partial charge in [-0.3, -0.25) is 4.79 Å². The standard InChI is InChI=1S/C13H17FN2O2.ClH/c14-10-5-3-9(4-6-10)12(17)11(15)13(18)16-7-1-2-8-16;/h3-6,11-12,17H,1-2,7-8,15H2;1H/t11-,12-;/m1./s1. The predicted octanol–water partition coefficient (Wildman–Crippen LogP) is 1.23. The van der Waals surface area contributed by atoms with Gasteiger partial charge in [0.2, 0.25) is 5.91 Å². The van der Waals surface area contributed by atoms with Gasteiger partial charge in [0.1, 0.15) is 18.0 Å². The fourth-order valence-electron chi connectivity index (χ4n) is 2.15. The number of carbonyl (C=O) groups is 1. The van der Waals surface area contributed by atoms with Gasteiger partial charge in [0, 0.05) is 13.1 Å². The van der Waals surface area contributed by atoms with E-state index in [1.807, 2.05) is 0 Å². The number of hydrogen-bond donors (Lipinski definition) is 2. The Hall–Kier alpha value is -1.17. The molecule has 6 heteroatoms. The molecule has 1 aromatic rings. The number of nitrogens with two attached hydrogens (primary N) is 1. The average Bonchev–Trinajstić information content (AvgIpc) is 2.91. The Bertz CT molecular complexity index is 421. The molecule has 0 saturated carbocycles. The molecule has 0 radical (unpaired) electrons. The van der Waals surface area contributed by atoms with Crippen molar-refractivity contribution in [3.05, 3.63) is 35.6 Å². The Morgan fingerprint density at radius 1 is 1.26 bits per heavy atom. The van der Waals surface area contributed by atoms with Crippen LogP contribution in [0, 0.1) is 5.82 Å². The van der Waals surface area contributed by atoms with Crippen molar-refractivity contribution in [2.45, 2.75) is 25.0 Å². The molecule has 0 bridgehead atoms. The molecule has 0 spiro atoms. The number of carbonyl (C=O) groups excluding carboxylic acids is 1. The SMILES string of the molecule is Cl.N[C@@H](C(=O)N1CCCC1)[C@H](O)c1ccc(F)cc1. The molecule has 3 N–H and O–H groups in total. The minimum Gasteiger partial charge on any atom is -0.386 e. The summed E-state index contributed by atoms with van der Waals surface area (Å²) in [6.45, 7) is 1.39. The normalized spacial score (nSPS) is 17.7. The fraction of sp³-hybridized carbons (Fsp3) is 0.462. The van der Waals surface area contributed by atoms with Crippen molar-refractivity contribution in [3.8, 4) is 0 Å². The number of hydrogen-bond acceptors (Lipinski definition) is 3. The highest BCUT2D eigenvalue weighted by atomic mass is 35.5. The molecule has 4 nitrogen and oxygen atoms in total. The summed E-state index contributed by atoms with van der Waals surface area (Å²) in [6, 6.07) is 4.37. The second-order valence-corrected chi connectivity index (χ2v) is 4.55. The quantitative estimate of drug-likeness (QED) is 0.879. The van der Waals surface area contributed by atoms with Crippen LogP contribution in [-0.2, 0) is 4.79 Å². The highest BCUT2D eigenvalue weighted by Gasteiger charge is 2.29. The molecule has 0 aliphatic carbocycles. The van der Waals surface area contributed by atoms with E-state index in [2.05, 4.69) is 0 Å². The minimum absolute atomic E-state index is 0. The molecule has 1 aliphatic heterocycles. The van der Waals surface area contributed by atoms with Gasteiger partial charge in [-0.15, -0.1) is 12.4 Å². The van der Waals surface area contributed by atoms with Crippen LogP contribution in [0.2, 0.25) is 0 Å². The van der Waals surface area contributed by atoms with Crippen molar-refractivity contribution in [2.75, 3.05) is 13.1 Å². The second-order valence-electron chi connectivity index (χ2n) is 4.55. The lowest BCUT2D eigenvalue weighted by atomic mass is 10.0. The number of rotatable bonds is 3. The zero-order chi connectivity index (χ0) is 13.1. The van der Waals surface area contributed by atoms with E-state index >= 15 is 0 Å². The number of aliphatic hydroxyl groups excluding tert-OH is 1. The van der Waals surface area contributed by atoms with Crippen molar-refractivity contribution in [1.82, 2.24) is 4.90 Å². The van der Waals surface area contributed by atoms with Gasteiger partial charge in [-0.05, 0) is 30.5 Å². The van der Waals surface area contributed by atoms with Gasteiger partial charge in [0.15, 0.2) is 0 Å². The number of amides is 1. The lowest BCUT2D eigenvalue weighted by Crippen LogP contribution is -2.45. The lowest BCUT2D eigenvalue weighted by molar-refractivity contribution is -0.134. The summed E-state index contributed by atoms with van der Waals surface area (Å²) in [6.07, 6.45) is 0.856. The van der Waals surface area contributed by atoms with Crippen LogP contribution in [0.15, 0.2) is 24.3 Å². The van der Waals surface area contributed by atoms with E-state index in [0.29, 0.717) is 18.7 Å².